The first-order valence-electron chi connectivity index (χ1n) is 7.37. The van der Waals surface area contributed by atoms with Gasteiger partial charge in [-0.3, -0.25) is 0 Å². The molecule has 7 nitrogen and oxygen atoms in total. The molecule has 7 heteroatoms. The number of furan rings is 1. The van der Waals surface area contributed by atoms with Crippen molar-refractivity contribution in [2.24, 2.45) is 0 Å². The molecule has 1 unspecified atom stereocenters. The van der Waals surface area contributed by atoms with E-state index < -0.39 is 17.3 Å². The van der Waals surface area contributed by atoms with Crippen LogP contribution in [0.5, 0.6) is 11.5 Å². The van der Waals surface area contributed by atoms with Gasteiger partial charge in [-0.15, -0.1) is 0 Å². The van der Waals surface area contributed by atoms with Gasteiger partial charge in [-0.1, -0.05) is 0 Å². The predicted octanol–water partition coefficient (Wildman–Crippen LogP) is 2.06. The maximum absolute atomic E-state index is 11.5. The summed E-state index contributed by atoms with van der Waals surface area (Å²) in [4.78, 5) is 11.5. The fourth-order valence-corrected chi connectivity index (χ4v) is 2.38. The van der Waals surface area contributed by atoms with Crippen molar-refractivity contribution in [3.8, 4) is 11.5 Å². The molecule has 0 aliphatic rings. The number of hydrogen-bond donors (Lipinski definition) is 2. The van der Waals surface area contributed by atoms with Crippen LogP contribution in [-0.4, -0.2) is 35.6 Å². The number of ether oxygens (including phenoxy) is 2. The molecule has 2 aromatic heterocycles. The highest BCUT2D eigenvalue weighted by atomic mass is 16.5. The molecule has 128 valence electrons. The van der Waals surface area contributed by atoms with Crippen molar-refractivity contribution in [3.63, 3.8) is 0 Å². The number of rotatable bonds is 5. The highest BCUT2D eigenvalue weighted by Gasteiger charge is 2.27. The Kier molecular flexibility index (Phi) is 3.98. The highest BCUT2D eigenvalue weighted by molar-refractivity contribution is 6.08. The molecule has 0 aliphatic heterocycles. The van der Waals surface area contributed by atoms with Gasteiger partial charge >= 0.3 is 5.63 Å². The van der Waals surface area contributed by atoms with Crippen LogP contribution in [0.25, 0.3) is 21.9 Å². The molecule has 0 saturated heterocycles. The summed E-state index contributed by atoms with van der Waals surface area (Å²) in [7, 11) is 1.45. The molecule has 0 amide bonds. The van der Waals surface area contributed by atoms with Crippen molar-refractivity contribution in [1.29, 1.82) is 0 Å². The minimum Gasteiger partial charge on any atom is -0.492 e. The van der Waals surface area contributed by atoms with Gasteiger partial charge in [0.2, 0.25) is 5.75 Å². The van der Waals surface area contributed by atoms with Gasteiger partial charge in [-0.05, 0) is 26.0 Å². The van der Waals surface area contributed by atoms with E-state index in [0.717, 1.165) is 0 Å². The lowest BCUT2D eigenvalue weighted by molar-refractivity contribution is -0.0662. The summed E-state index contributed by atoms with van der Waals surface area (Å²) in [6.07, 6.45) is 0.326. The molecule has 0 aliphatic carbocycles. The fraction of sp³-hybridized carbons (Fsp3) is 0.353. The first-order chi connectivity index (χ1) is 11.3. The first kappa shape index (κ1) is 16.4. The smallest absolute Gasteiger partial charge is 0.336 e. The van der Waals surface area contributed by atoms with Crippen molar-refractivity contribution in [2.75, 3.05) is 13.7 Å². The van der Waals surface area contributed by atoms with Crippen molar-refractivity contribution in [1.82, 2.24) is 0 Å². The molecule has 0 saturated carbocycles. The van der Waals surface area contributed by atoms with Crippen molar-refractivity contribution >= 4 is 21.9 Å². The summed E-state index contributed by atoms with van der Waals surface area (Å²) < 4.78 is 21.8. The van der Waals surface area contributed by atoms with Gasteiger partial charge in [0.25, 0.3) is 0 Å². The third-order valence-electron chi connectivity index (χ3n) is 3.81. The summed E-state index contributed by atoms with van der Waals surface area (Å²) in [6.45, 7) is 2.80. The van der Waals surface area contributed by atoms with Gasteiger partial charge in [0.1, 0.15) is 12.7 Å². The number of aliphatic hydroxyl groups excluding tert-OH is 1. The molecule has 3 rings (SSSR count). The van der Waals surface area contributed by atoms with E-state index in [4.69, 9.17) is 18.3 Å². The van der Waals surface area contributed by atoms with E-state index in [1.807, 2.05) is 0 Å². The average molecular weight is 334 g/mol. The second kappa shape index (κ2) is 5.85. The van der Waals surface area contributed by atoms with Crippen LogP contribution in [0.2, 0.25) is 0 Å². The maximum atomic E-state index is 11.5. The van der Waals surface area contributed by atoms with Crippen LogP contribution in [-0.2, 0) is 0 Å². The van der Waals surface area contributed by atoms with E-state index in [0.29, 0.717) is 27.7 Å². The van der Waals surface area contributed by atoms with Crippen molar-refractivity contribution < 1.29 is 28.5 Å². The molecular weight excluding hydrogens is 316 g/mol. The Morgan fingerprint density at radius 2 is 1.92 bits per heavy atom. The zero-order chi connectivity index (χ0) is 17.5. The summed E-state index contributed by atoms with van der Waals surface area (Å²) in [5.74, 6) is 0.585. The molecule has 0 spiro atoms. The normalized spacial score (nSPS) is 13.4. The van der Waals surface area contributed by atoms with E-state index in [1.54, 1.807) is 12.1 Å². The standard InChI is InChI=1S/C17H18O7/c1-17(2,20)11(18)8-23-16-14(21-3)9-4-5-12(19)24-13(9)10-6-7-22-15(10)16/h4-7,11,18,20H,8H2,1-3H3. The average Bonchev–Trinajstić information content (AvgIpc) is 3.00. The van der Waals surface area contributed by atoms with E-state index in [9.17, 15) is 15.0 Å². The summed E-state index contributed by atoms with van der Waals surface area (Å²) in [5, 5.41) is 20.9. The van der Waals surface area contributed by atoms with Crippen LogP contribution in [0, 0.1) is 0 Å². The molecule has 24 heavy (non-hydrogen) atoms. The Bertz CT molecular complexity index is 930. The lowest BCUT2D eigenvalue weighted by Crippen LogP contribution is -2.40. The lowest BCUT2D eigenvalue weighted by atomic mass is 10.0. The monoisotopic (exact) mass is 334 g/mol. The van der Waals surface area contributed by atoms with Crippen LogP contribution in [0.3, 0.4) is 0 Å². The summed E-state index contributed by atoms with van der Waals surface area (Å²) in [6, 6.07) is 4.51. The third kappa shape index (κ3) is 2.72. The quantitative estimate of drug-likeness (QED) is 0.688. The van der Waals surface area contributed by atoms with Gasteiger partial charge < -0.3 is 28.5 Å². The molecule has 0 bridgehead atoms. The van der Waals surface area contributed by atoms with Crippen molar-refractivity contribution in [3.05, 3.63) is 34.9 Å². The molecule has 2 heterocycles. The minimum atomic E-state index is -1.32. The van der Waals surface area contributed by atoms with Crippen LogP contribution in [0.15, 0.2) is 38.1 Å². The Labute approximate surface area is 137 Å². The zero-order valence-corrected chi connectivity index (χ0v) is 13.5. The molecule has 1 atom stereocenters. The third-order valence-corrected chi connectivity index (χ3v) is 3.81. The second-order valence-corrected chi connectivity index (χ2v) is 6.00. The molecule has 0 fully saturated rings. The summed E-state index contributed by atoms with van der Waals surface area (Å²) >= 11 is 0. The topological polar surface area (TPSA) is 102 Å². The van der Waals surface area contributed by atoms with Gasteiger partial charge in [0.05, 0.1) is 29.7 Å². The van der Waals surface area contributed by atoms with Gasteiger partial charge in [0, 0.05) is 6.07 Å². The molecule has 0 radical (unpaired) electrons. The van der Waals surface area contributed by atoms with E-state index in [-0.39, 0.29) is 12.4 Å². The molecule has 2 N–H and O–H groups in total. The largest absolute Gasteiger partial charge is 0.492 e. The van der Waals surface area contributed by atoms with Gasteiger partial charge in [-0.2, -0.15) is 0 Å². The second-order valence-electron chi connectivity index (χ2n) is 6.00. The van der Waals surface area contributed by atoms with Crippen LogP contribution in [0.1, 0.15) is 13.8 Å². The highest BCUT2D eigenvalue weighted by Crippen LogP contribution is 2.43. The number of methoxy groups -OCH3 is 1. The fourth-order valence-electron chi connectivity index (χ4n) is 2.38. The van der Waals surface area contributed by atoms with E-state index in [2.05, 4.69) is 0 Å². The molecular formula is C17H18O7. The number of fused-ring (bicyclic) bond motifs is 3. The first-order valence-corrected chi connectivity index (χ1v) is 7.37. The number of aliphatic hydroxyl groups is 2. The Balaban J connectivity index is 2.17. The Morgan fingerprint density at radius 1 is 1.17 bits per heavy atom. The van der Waals surface area contributed by atoms with E-state index >= 15 is 0 Å². The van der Waals surface area contributed by atoms with Crippen LogP contribution < -0.4 is 15.1 Å². The number of hydrogen-bond acceptors (Lipinski definition) is 7. The number of benzene rings is 1. The van der Waals surface area contributed by atoms with Crippen LogP contribution >= 0.6 is 0 Å². The Morgan fingerprint density at radius 3 is 2.58 bits per heavy atom. The lowest BCUT2D eigenvalue weighted by Gasteiger charge is -2.24. The van der Waals surface area contributed by atoms with Crippen LogP contribution in [0.4, 0.5) is 0 Å². The predicted molar refractivity (Wildman–Crippen MR) is 86.6 cm³/mol. The Hall–Kier alpha value is -2.51. The summed E-state index contributed by atoms with van der Waals surface area (Å²) in [5.41, 5.74) is -1.15. The van der Waals surface area contributed by atoms with Gasteiger partial charge in [-0.25, -0.2) is 4.79 Å². The SMILES string of the molecule is COc1c(OCC(O)C(C)(C)O)c2occc2c2oc(=O)ccc12. The maximum Gasteiger partial charge on any atom is 0.336 e. The molecule has 3 aromatic rings. The van der Waals surface area contributed by atoms with E-state index in [1.165, 1.54) is 33.3 Å². The van der Waals surface area contributed by atoms with Gasteiger partial charge in [0.15, 0.2) is 16.9 Å². The minimum absolute atomic E-state index is 0.169. The zero-order valence-electron chi connectivity index (χ0n) is 13.5. The molecule has 1 aromatic carbocycles. The van der Waals surface area contributed by atoms with Crippen molar-refractivity contribution in [2.45, 2.75) is 25.6 Å².